The molecule has 0 radical (unpaired) electrons. The van der Waals surface area contributed by atoms with Gasteiger partial charge in [0.25, 0.3) is 5.91 Å². The molecule has 2 aromatic heterocycles. The molecule has 26 heavy (non-hydrogen) atoms. The van der Waals surface area contributed by atoms with Gasteiger partial charge in [-0.1, -0.05) is 6.07 Å². The van der Waals surface area contributed by atoms with Crippen molar-refractivity contribution in [2.24, 2.45) is 0 Å². The number of aromatic nitrogens is 2. The van der Waals surface area contributed by atoms with Crippen LogP contribution in [0.1, 0.15) is 29.0 Å². The quantitative estimate of drug-likeness (QED) is 0.583. The SMILES string of the molecule is COc1cc(F)cc([C@@H](C)NC(=O)c2ncn3cc(B(O)O)ccc23)c1. The third-order valence-corrected chi connectivity index (χ3v) is 4.04. The Morgan fingerprint density at radius 2 is 2.12 bits per heavy atom. The number of hydrogen-bond acceptors (Lipinski definition) is 5. The second-order valence-corrected chi connectivity index (χ2v) is 5.84. The average molecular weight is 357 g/mol. The molecular weight excluding hydrogens is 340 g/mol. The molecule has 0 aliphatic carbocycles. The van der Waals surface area contributed by atoms with Crippen molar-refractivity contribution in [1.29, 1.82) is 0 Å². The summed E-state index contributed by atoms with van der Waals surface area (Å²) in [5.41, 5.74) is 1.53. The Bertz CT molecular complexity index is 960. The highest BCUT2D eigenvalue weighted by molar-refractivity contribution is 6.58. The first-order chi connectivity index (χ1) is 12.4. The molecule has 0 aliphatic rings. The van der Waals surface area contributed by atoms with E-state index < -0.39 is 24.9 Å². The van der Waals surface area contributed by atoms with Gasteiger partial charge in [0.15, 0.2) is 5.69 Å². The van der Waals surface area contributed by atoms with Gasteiger partial charge < -0.3 is 24.5 Å². The summed E-state index contributed by atoms with van der Waals surface area (Å²) in [4.78, 5) is 16.6. The smallest absolute Gasteiger partial charge is 0.489 e. The van der Waals surface area contributed by atoms with E-state index >= 15 is 0 Å². The number of imidazole rings is 1. The fraction of sp³-hybridized carbons (Fsp3) is 0.176. The second-order valence-electron chi connectivity index (χ2n) is 5.84. The molecule has 9 heteroatoms. The Morgan fingerprint density at radius 1 is 1.35 bits per heavy atom. The number of rotatable bonds is 5. The summed E-state index contributed by atoms with van der Waals surface area (Å²) in [6.07, 6.45) is 2.89. The van der Waals surface area contributed by atoms with Crippen LogP contribution >= 0.6 is 0 Å². The summed E-state index contributed by atoms with van der Waals surface area (Å²) in [7, 11) is -0.168. The van der Waals surface area contributed by atoms with Crippen LogP contribution in [0.4, 0.5) is 4.39 Å². The van der Waals surface area contributed by atoms with E-state index in [9.17, 15) is 19.2 Å². The second kappa shape index (κ2) is 7.15. The van der Waals surface area contributed by atoms with Crippen molar-refractivity contribution in [3.63, 3.8) is 0 Å². The van der Waals surface area contributed by atoms with Crippen LogP contribution in [0.3, 0.4) is 0 Å². The van der Waals surface area contributed by atoms with Gasteiger partial charge in [-0.15, -0.1) is 0 Å². The topological polar surface area (TPSA) is 96.1 Å². The molecule has 3 N–H and O–H groups in total. The van der Waals surface area contributed by atoms with Gasteiger partial charge >= 0.3 is 7.12 Å². The molecule has 1 aromatic carbocycles. The lowest BCUT2D eigenvalue weighted by Crippen LogP contribution is -2.30. The van der Waals surface area contributed by atoms with Crippen LogP contribution in [-0.4, -0.2) is 39.6 Å². The van der Waals surface area contributed by atoms with Crippen molar-refractivity contribution >= 4 is 24.0 Å². The molecule has 0 fully saturated rings. The highest BCUT2D eigenvalue weighted by Gasteiger charge is 2.19. The van der Waals surface area contributed by atoms with Crippen molar-refractivity contribution in [3.05, 3.63) is 59.9 Å². The summed E-state index contributed by atoms with van der Waals surface area (Å²) in [5.74, 6) is -0.521. The highest BCUT2D eigenvalue weighted by Crippen LogP contribution is 2.21. The first-order valence-corrected chi connectivity index (χ1v) is 7.87. The number of methoxy groups -OCH3 is 1. The van der Waals surface area contributed by atoms with Gasteiger partial charge in [-0.25, -0.2) is 9.37 Å². The first kappa shape index (κ1) is 17.9. The Hall–Kier alpha value is -2.91. The summed E-state index contributed by atoms with van der Waals surface area (Å²) in [6.45, 7) is 1.73. The molecule has 0 spiro atoms. The van der Waals surface area contributed by atoms with Gasteiger partial charge in [0, 0.05) is 12.3 Å². The largest absolute Gasteiger partial charge is 0.497 e. The van der Waals surface area contributed by atoms with E-state index in [1.54, 1.807) is 19.1 Å². The van der Waals surface area contributed by atoms with Crippen LogP contribution < -0.4 is 15.5 Å². The fourth-order valence-electron chi connectivity index (χ4n) is 2.65. The van der Waals surface area contributed by atoms with Gasteiger partial charge in [-0.3, -0.25) is 4.79 Å². The van der Waals surface area contributed by atoms with Gasteiger partial charge in [0.2, 0.25) is 0 Å². The minimum Gasteiger partial charge on any atom is -0.497 e. The number of nitrogens with zero attached hydrogens (tertiary/aromatic N) is 2. The maximum absolute atomic E-state index is 13.6. The molecule has 0 bridgehead atoms. The van der Waals surface area contributed by atoms with Crippen LogP contribution in [0.5, 0.6) is 5.75 Å². The molecule has 1 amide bonds. The molecule has 1 atom stereocenters. The van der Waals surface area contributed by atoms with Gasteiger partial charge in [-0.2, -0.15) is 0 Å². The van der Waals surface area contributed by atoms with Gasteiger partial charge in [0.05, 0.1) is 18.7 Å². The number of benzene rings is 1. The summed E-state index contributed by atoms with van der Waals surface area (Å²) < 4.78 is 20.2. The van der Waals surface area contributed by atoms with E-state index in [0.717, 1.165) is 0 Å². The third kappa shape index (κ3) is 3.53. The summed E-state index contributed by atoms with van der Waals surface area (Å²) in [5, 5.41) is 21.2. The lowest BCUT2D eigenvalue weighted by Gasteiger charge is -2.15. The molecule has 0 saturated heterocycles. The Morgan fingerprint density at radius 3 is 2.81 bits per heavy atom. The van der Waals surface area contributed by atoms with E-state index in [4.69, 9.17) is 4.74 Å². The number of fused-ring (bicyclic) bond motifs is 1. The van der Waals surface area contributed by atoms with Crippen LogP contribution in [0, 0.1) is 5.82 Å². The van der Waals surface area contributed by atoms with Crippen molar-refractivity contribution in [3.8, 4) is 5.75 Å². The minimum atomic E-state index is -1.61. The molecular formula is C17H17BFN3O4. The average Bonchev–Trinajstić information content (AvgIpc) is 3.04. The predicted octanol–water partition coefficient (Wildman–Crippen LogP) is 0.653. The predicted molar refractivity (Wildman–Crippen MR) is 93.9 cm³/mol. The number of nitrogens with one attached hydrogen (secondary N) is 1. The lowest BCUT2D eigenvalue weighted by molar-refractivity contribution is 0.0937. The number of amides is 1. The number of halogens is 1. The normalized spacial score (nSPS) is 12.0. The van der Waals surface area contributed by atoms with E-state index in [1.807, 2.05) is 0 Å². The fourth-order valence-corrected chi connectivity index (χ4v) is 2.65. The highest BCUT2D eigenvalue weighted by atomic mass is 19.1. The Labute approximate surface area is 149 Å². The van der Waals surface area contributed by atoms with Crippen LogP contribution in [0.25, 0.3) is 5.52 Å². The maximum atomic E-state index is 13.6. The van der Waals surface area contributed by atoms with Crippen LogP contribution in [0.15, 0.2) is 42.9 Å². The van der Waals surface area contributed by atoms with Crippen molar-refractivity contribution in [1.82, 2.24) is 14.7 Å². The molecule has 7 nitrogen and oxygen atoms in total. The van der Waals surface area contributed by atoms with Gasteiger partial charge in [-0.05, 0) is 36.1 Å². The standard InChI is InChI=1S/C17H17BFN3O4/c1-10(11-5-13(19)7-14(6-11)26-2)21-17(23)16-15-4-3-12(18(24)25)8-22(15)9-20-16/h3-10,24-25H,1-2H3,(H,21,23)/t10-/m1/s1. The molecule has 2 heterocycles. The minimum absolute atomic E-state index is 0.180. The third-order valence-electron chi connectivity index (χ3n) is 4.04. The van der Waals surface area contributed by atoms with E-state index in [-0.39, 0.29) is 11.2 Å². The molecule has 0 saturated carbocycles. The zero-order valence-electron chi connectivity index (χ0n) is 14.2. The summed E-state index contributed by atoms with van der Waals surface area (Å²) >= 11 is 0. The number of pyridine rings is 1. The molecule has 0 unspecified atom stereocenters. The van der Waals surface area contributed by atoms with Crippen molar-refractivity contribution in [2.75, 3.05) is 7.11 Å². The Kier molecular flexibility index (Phi) is 4.92. The zero-order chi connectivity index (χ0) is 18.8. The van der Waals surface area contributed by atoms with E-state index in [0.29, 0.717) is 16.8 Å². The lowest BCUT2D eigenvalue weighted by atomic mass is 9.82. The first-order valence-electron chi connectivity index (χ1n) is 7.87. The molecule has 3 rings (SSSR count). The Balaban J connectivity index is 1.84. The number of carbonyl (C=O) groups is 1. The monoisotopic (exact) mass is 357 g/mol. The number of carbonyl (C=O) groups excluding carboxylic acids is 1. The zero-order valence-corrected chi connectivity index (χ0v) is 14.2. The molecule has 0 aliphatic heterocycles. The molecule has 134 valence electrons. The molecule has 3 aromatic rings. The van der Waals surface area contributed by atoms with E-state index in [2.05, 4.69) is 10.3 Å². The van der Waals surface area contributed by atoms with Gasteiger partial charge in [0.1, 0.15) is 17.9 Å². The van der Waals surface area contributed by atoms with Crippen LogP contribution in [-0.2, 0) is 0 Å². The van der Waals surface area contributed by atoms with Crippen molar-refractivity contribution < 1.29 is 24.0 Å². The van der Waals surface area contributed by atoms with Crippen molar-refractivity contribution in [2.45, 2.75) is 13.0 Å². The van der Waals surface area contributed by atoms with E-state index in [1.165, 1.54) is 42.2 Å². The number of hydrogen-bond donors (Lipinski definition) is 3. The number of ether oxygens (including phenoxy) is 1. The maximum Gasteiger partial charge on any atom is 0.489 e. The van der Waals surface area contributed by atoms with Crippen LogP contribution in [0.2, 0.25) is 0 Å². The summed E-state index contributed by atoms with van der Waals surface area (Å²) in [6, 6.07) is 6.84.